The van der Waals surface area contributed by atoms with Gasteiger partial charge in [0.15, 0.2) is 0 Å². The highest BCUT2D eigenvalue weighted by Crippen LogP contribution is 2.36. The number of carboxylic acid groups (broad SMARTS) is 1. The van der Waals surface area contributed by atoms with Crippen molar-refractivity contribution in [3.63, 3.8) is 0 Å². The summed E-state index contributed by atoms with van der Waals surface area (Å²) in [4.78, 5) is 11.3. The van der Waals surface area contributed by atoms with Crippen LogP contribution in [-0.2, 0) is 23.9 Å². The molecule has 1 N–H and O–H groups in total. The molecule has 2 aromatic rings. The van der Waals surface area contributed by atoms with Crippen LogP contribution in [0.4, 0.5) is 0 Å². The number of hydrogen-bond acceptors (Lipinski definition) is 2. The Morgan fingerprint density at radius 1 is 0.967 bits per heavy atom. The van der Waals surface area contributed by atoms with Gasteiger partial charge in [-0.2, -0.15) is 0 Å². The number of alkyl halides is 1. The lowest BCUT2D eigenvalue weighted by Crippen LogP contribution is -2.55. The van der Waals surface area contributed by atoms with Gasteiger partial charge in [0.2, 0.25) is 0 Å². The number of hydrogen-bond donors (Lipinski definition) is 1. The first-order chi connectivity index (χ1) is 14.1. The Morgan fingerprint density at radius 2 is 1.57 bits per heavy atom. The first kappa shape index (κ1) is 24.4. The van der Waals surface area contributed by atoms with Crippen LogP contribution in [0.3, 0.4) is 0 Å². The zero-order valence-electron chi connectivity index (χ0n) is 18.5. The van der Waals surface area contributed by atoms with Crippen molar-refractivity contribution in [1.29, 1.82) is 0 Å². The van der Waals surface area contributed by atoms with Gasteiger partial charge in [-0.05, 0) is 82.6 Å². The fraction of sp³-hybridized carbons (Fsp3) is 0.480. The van der Waals surface area contributed by atoms with E-state index in [9.17, 15) is 15.1 Å². The van der Waals surface area contributed by atoms with Crippen molar-refractivity contribution in [1.82, 2.24) is 5.06 Å². The Hall–Kier alpha value is -1.88. The molecule has 1 saturated heterocycles. The van der Waals surface area contributed by atoms with E-state index >= 15 is 0 Å². The number of halogens is 1. The molecule has 1 radical (unpaired) electrons. The number of nitrogens with zero attached hydrogens (tertiary/aromatic N) is 1. The predicted molar refractivity (Wildman–Crippen MR) is 121 cm³/mol. The molecule has 1 fully saturated rings. The summed E-state index contributed by atoms with van der Waals surface area (Å²) < 4.78 is 0. The van der Waals surface area contributed by atoms with E-state index in [0.717, 1.165) is 30.4 Å². The lowest BCUT2D eigenvalue weighted by molar-refractivity contribution is -0.286. The van der Waals surface area contributed by atoms with Gasteiger partial charge in [-0.15, -0.1) is 21.9 Å². The van der Waals surface area contributed by atoms with E-state index in [1.54, 1.807) is 12.1 Å². The molecule has 0 bridgehead atoms. The van der Waals surface area contributed by atoms with Crippen LogP contribution in [0, 0.1) is 0 Å². The number of aryl methyl sites for hydroxylation is 1. The first-order valence-corrected chi connectivity index (χ1v) is 11.0. The quantitative estimate of drug-likeness (QED) is 0.567. The van der Waals surface area contributed by atoms with E-state index in [0.29, 0.717) is 17.9 Å². The van der Waals surface area contributed by atoms with Crippen LogP contribution in [0.15, 0.2) is 48.5 Å². The van der Waals surface area contributed by atoms with Gasteiger partial charge < -0.3 is 5.11 Å². The normalized spacial score (nSPS) is 17.7. The van der Waals surface area contributed by atoms with Crippen molar-refractivity contribution in [2.45, 2.75) is 76.8 Å². The Morgan fingerprint density at radius 3 is 2.07 bits per heavy atom. The maximum absolute atomic E-state index is 11.7. The van der Waals surface area contributed by atoms with Gasteiger partial charge in [0.1, 0.15) is 0 Å². The summed E-state index contributed by atoms with van der Waals surface area (Å²) in [7, 11) is 0. The third-order valence-corrected chi connectivity index (χ3v) is 6.12. The lowest BCUT2D eigenvalue weighted by atomic mass is 9.82. The maximum Gasteiger partial charge on any atom is 0.335 e. The molecule has 0 unspecified atom stereocenters. The molecule has 0 aromatic heterocycles. The van der Waals surface area contributed by atoms with Crippen LogP contribution in [-0.4, -0.2) is 27.2 Å². The van der Waals surface area contributed by atoms with E-state index in [1.165, 1.54) is 17.0 Å². The van der Waals surface area contributed by atoms with E-state index in [2.05, 4.69) is 0 Å². The van der Waals surface area contributed by atoms with Gasteiger partial charge in [-0.3, -0.25) is 0 Å². The highest BCUT2D eigenvalue weighted by molar-refractivity contribution is 6.17. The van der Waals surface area contributed by atoms with Gasteiger partial charge in [0.05, 0.1) is 5.56 Å². The van der Waals surface area contributed by atoms with E-state index in [4.69, 9.17) is 11.6 Å². The fourth-order valence-electron chi connectivity index (χ4n) is 4.15. The molecule has 0 aliphatic carbocycles. The predicted octanol–water partition coefficient (Wildman–Crippen LogP) is 6.28. The minimum atomic E-state index is -0.893. The molecular formula is C25H33ClNO3. The van der Waals surface area contributed by atoms with E-state index < -0.39 is 5.97 Å². The number of rotatable bonds is 5. The summed E-state index contributed by atoms with van der Waals surface area (Å²) in [6.07, 6.45) is 4.74. The summed E-state index contributed by atoms with van der Waals surface area (Å²) in [6, 6.07) is 15.3. The molecule has 0 amide bonds. The monoisotopic (exact) mass is 430 g/mol. The lowest BCUT2D eigenvalue weighted by Gasteiger charge is -2.46. The maximum atomic E-state index is 11.7. The molecule has 2 aromatic carbocycles. The summed E-state index contributed by atoms with van der Waals surface area (Å²) >= 11 is 5.90. The molecule has 1 aliphatic heterocycles. The minimum Gasteiger partial charge on any atom is -0.478 e. The number of carboxylic acids is 1. The van der Waals surface area contributed by atoms with Gasteiger partial charge >= 0.3 is 5.97 Å². The van der Waals surface area contributed by atoms with Crippen LogP contribution in [0.25, 0.3) is 0 Å². The largest absolute Gasteiger partial charge is 0.478 e. The molecule has 0 spiro atoms. The van der Waals surface area contributed by atoms with Crippen LogP contribution < -0.4 is 0 Å². The van der Waals surface area contributed by atoms with Crippen LogP contribution in [0.1, 0.15) is 74.0 Å². The minimum absolute atomic E-state index is 0.151. The zero-order valence-corrected chi connectivity index (χ0v) is 19.2. The van der Waals surface area contributed by atoms with Crippen molar-refractivity contribution in [2.75, 3.05) is 0 Å². The molecule has 3 rings (SSSR count). The second-order valence-electron chi connectivity index (χ2n) is 9.14. The Labute approximate surface area is 185 Å². The smallest absolute Gasteiger partial charge is 0.335 e. The third-order valence-electron chi connectivity index (χ3n) is 5.83. The van der Waals surface area contributed by atoms with Gasteiger partial charge in [-0.1, -0.05) is 42.5 Å². The Balaban J connectivity index is 0.000000248. The van der Waals surface area contributed by atoms with Gasteiger partial charge in [0, 0.05) is 17.0 Å². The number of hydroxylamine groups is 2. The van der Waals surface area contributed by atoms with Crippen molar-refractivity contribution in [3.8, 4) is 0 Å². The number of piperidine rings is 1. The van der Waals surface area contributed by atoms with Crippen molar-refractivity contribution >= 4 is 17.6 Å². The zero-order chi connectivity index (χ0) is 22.4. The molecule has 163 valence electrons. The molecule has 5 heteroatoms. The Bertz CT molecular complexity index is 818. The summed E-state index contributed by atoms with van der Waals surface area (Å²) in [6.45, 7) is 8.11. The molecule has 0 atom stereocenters. The second kappa shape index (κ2) is 10.4. The highest BCUT2D eigenvalue weighted by atomic mass is 35.5. The molecule has 4 nitrogen and oxygen atoms in total. The van der Waals surface area contributed by atoms with Gasteiger partial charge in [-0.25, -0.2) is 4.79 Å². The molecule has 30 heavy (non-hydrogen) atoms. The average molecular weight is 431 g/mol. The van der Waals surface area contributed by atoms with E-state index in [1.807, 2.05) is 64.1 Å². The third kappa shape index (κ3) is 6.31. The molecule has 1 heterocycles. The SMILES string of the molecule is CC1(C)CCCC(C)(C)N1[O].O=C(O)c1cccc(CCl)c1CCc1ccccc1. The summed E-state index contributed by atoms with van der Waals surface area (Å²) in [5.74, 6) is -0.555. The molecular weight excluding hydrogens is 398 g/mol. The number of benzene rings is 2. The topological polar surface area (TPSA) is 60.4 Å². The van der Waals surface area contributed by atoms with Gasteiger partial charge in [0.25, 0.3) is 0 Å². The number of carbonyl (C=O) groups is 1. The second-order valence-corrected chi connectivity index (χ2v) is 9.41. The van der Waals surface area contributed by atoms with Crippen LogP contribution in [0.2, 0.25) is 0 Å². The molecule has 0 saturated carbocycles. The van der Waals surface area contributed by atoms with Crippen molar-refractivity contribution in [3.05, 3.63) is 70.8 Å². The van der Waals surface area contributed by atoms with Crippen LogP contribution in [0.5, 0.6) is 0 Å². The number of aromatic carboxylic acids is 1. The molecule has 1 aliphatic rings. The highest BCUT2D eigenvalue weighted by Gasteiger charge is 2.41. The fourth-order valence-corrected chi connectivity index (χ4v) is 4.40. The van der Waals surface area contributed by atoms with Crippen molar-refractivity contribution < 1.29 is 15.1 Å². The summed E-state index contributed by atoms with van der Waals surface area (Å²) in [5, 5.41) is 22.2. The Kier molecular flexibility index (Phi) is 8.48. The average Bonchev–Trinajstić information content (AvgIpc) is 2.71. The van der Waals surface area contributed by atoms with Crippen LogP contribution >= 0.6 is 11.6 Å². The van der Waals surface area contributed by atoms with E-state index in [-0.39, 0.29) is 11.1 Å². The first-order valence-electron chi connectivity index (χ1n) is 10.5. The summed E-state index contributed by atoms with van der Waals surface area (Å²) in [5.41, 5.74) is 2.99. The van der Waals surface area contributed by atoms with Crippen molar-refractivity contribution in [2.24, 2.45) is 0 Å². The standard InChI is InChI=1S/C16H15ClO2.C9H18NO/c17-11-13-7-4-8-15(16(18)19)14(13)10-9-12-5-2-1-3-6-12;1-8(2)6-5-7-9(3,4)10(8)11/h1-8H,9-11H2,(H,18,19);5-7H2,1-4H3.